The predicted octanol–water partition coefficient (Wildman–Crippen LogP) is 1.65. The summed E-state index contributed by atoms with van der Waals surface area (Å²) in [5, 5.41) is 8.20. The summed E-state index contributed by atoms with van der Waals surface area (Å²) in [5.41, 5.74) is 0. The second kappa shape index (κ2) is 5.69. The van der Waals surface area contributed by atoms with E-state index in [1.807, 2.05) is 0 Å². The van der Waals surface area contributed by atoms with Crippen molar-refractivity contribution in [1.82, 2.24) is 25.0 Å². The molecule has 1 aliphatic heterocycles. The van der Waals surface area contributed by atoms with Crippen molar-refractivity contribution >= 4 is 0 Å². The van der Waals surface area contributed by atoms with E-state index in [2.05, 4.69) is 31.9 Å². The van der Waals surface area contributed by atoms with Crippen LogP contribution in [-0.2, 0) is 13.1 Å². The monoisotopic (exact) mass is 289 g/mol. The highest BCUT2D eigenvalue weighted by molar-refractivity contribution is 5.00. The van der Waals surface area contributed by atoms with Crippen LogP contribution < -0.4 is 5.32 Å². The van der Waals surface area contributed by atoms with Gasteiger partial charge in [0, 0.05) is 31.7 Å². The Balaban J connectivity index is 1.47. The number of rotatable bonds is 6. The molecule has 0 spiro atoms. The highest BCUT2D eigenvalue weighted by Crippen LogP contribution is 2.39. The maximum atomic E-state index is 4.52. The highest BCUT2D eigenvalue weighted by atomic mass is 15.4. The average Bonchev–Trinajstić information content (AvgIpc) is 3.39. The van der Waals surface area contributed by atoms with Gasteiger partial charge in [-0.05, 0) is 43.9 Å². The van der Waals surface area contributed by atoms with Crippen LogP contribution in [0.3, 0.4) is 0 Å². The van der Waals surface area contributed by atoms with Gasteiger partial charge in [-0.1, -0.05) is 6.92 Å². The minimum absolute atomic E-state index is 0.711. The third kappa shape index (κ3) is 2.99. The van der Waals surface area contributed by atoms with Gasteiger partial charge in [-0.25, -0.2) is 9.67 Å². The Hall–Kier alpha value is -0.940. The highest BCUT2D eigenvalue weighted by Gasteiger charge is 2.42. The molecular formula is C16H27N5. The van der Waals surface area contributed by atoms with Crippen molar-refractivity contribution in [2.45, 2.75) is 64.2 Å². The fraction of sp³-hybridized carbons (Fsp3) is 0.875. The zero-order valence-corrected chi connectivity index (χ0v) is 13.0. The summed E-state index contributed by atoms with van der Waals surface area (Å²) >= 11 is 0. The molecule has 5 heteroatoms. The summed E-state index contributed by atoms with van der Waals surface area (Å²) in [6.45, 7) is 6.54. The van der Waals surface area contributed by atoms with Crippen molar-refractivity contribution in [2.24, 2.45) is 11.8 Å². The van der Waals surface area contributed by atoms with Gasteiger partial charge >= 0.3 is 0 Å². The molecule has 0 radical (unpaired) electrons. The van der Waals surface area contributed by atoms with E-state index in [1.165, 1.54) is 38.8 Å². The second-order valence-corrected chi connectivity index (χ2v) is 7.09. The van der Waals surface area contributed by atoms with Gasteiger partial charge in [-0.15, -0.1) is 0 Å². The molecular weight excluding hydrogens is 262 g/mol. The number of hydrogen-bond acceptors (Lipinski definition) is 4. The standard InChI is InChI=1S/C16H27N5/c1-2-7-21-16(18-11-19-21)10-20-9-14(12-3-4-12)17-8-15(20)13-5-6-13/h11-15,17H,2-10H2,1H3. The molecule has 2 unspecified atom stereocenters. The molecule has 2 heterocycles. The topological polar surface area (TPSA) is 46.0 Å². The van der Waals surface area contributed by atoms with E-state index in [4.69, 9.17) is 0 Å². The van der Waals surface area contributed by atoms with Gasteiger partial charge in [0.25, 0.3) is 0 Å². The zero-order chi connectivity index (χ0) is 14.2. The van der Waals surface area contributed by atoms with Crippen LogP contribution in [0.25, 0.3) is 0 Å². The molecule has 2 aliphatic carbocycles. The number of hydrogen-bond donors (Lipinski definition) is 1. The van der Waals surface area contributed by atoms with E-state index in [0.717, 1.165) is 37.2 Å². The summed E-state index contributed by atoms with van der Waals surface area (Å²) in [5.74, 6) is 3.00. The number of piperazine rings is 1. The first-order valence-corrected chi connectivity index (χ1v) is 8.69. The maximum Gasteiger partial charge on any atom is 0.141 e. The lowest BCUT2D eigenvalue weighted by Gasteiger charge is -2.40. The van der Waals surface area contributed by atoms with Crippen LogP contribution in [0, 0.1) is 11.8 Å². The number of aromatic nitrogens is 3. The molecule has 1 N–H and O–H groups in total. The quantitative estimate of drug-likeness (QED) is 0.865. The van der Waals surface area contributed by atoms with Crippen LogP contribution in [0.2, 0.25) is 0 Å². The first-order chi connectivity index (χ1) is 10.3. The maximum absolute atomic E-state index is 4.52. The van der Waals surface area contributed by atoms with E-state index < -0.39 is 0 Å². The van der Waals surface area contributed by atoms with Gasteiger partial charge in [0.15, 0.2) is 0 Å². The van der Waals surface area contributed by atoms with Crippen LogP contribution in [0.1, 0.15) is 44.9 Å². The summed E-state index contributed by atoms with van der Waals surface area (Å²) in [7, 11) is 0. The van der Waals surface area contributed by atoms with E-state index in [1.54, 1.807) is 6.33 Å². The van der Waals surface area contributed by atoms with Crippen molar-refractivity contribution in [2.75, 3.05) is 13.1 Å². The molecule has 3 fully saturated rings. The average molecular weight is 289 g/mol. The lowest BCUT2D eigenvalue weighted by Crippen LogP contribution is -2.57. The van der Waals surface area contributed by atoms with Crippen molar-refractivity contribution in [3.8, 4) is 0 Å². The van der Waals surface area contributed by atoms with Crippen LogP contribution in [0.5, 0.6) is 0 Å². The van der Waals surface area contributed by atoms with Crippen LogP contribution >= 0.6 is 0 Å². The summed E-state index contributed by atoms with van der Waals surface area (Å²) in [4.78, 5) is 7.22. The molecule has 0 bridgehead atoms. The first kappa shape index (κ1) is 13.7. The molecule has 21 heavy (non-hydrogen) atoms. The zero-order valence-electron chi connectivity index (χ0n) is 13.0. The van der Waals surface area contributed by atoms with Gasteiger partial charge in [0.2, 0.25) is 0 Å². The Kier molecular flexibility index (Phi) is 3.71. The largest absolute Gasteiger partial charge is 0.311 e. The lowest BCUT2D eigenvalue weighted by molar-refractivity contribution is 0.0959. The van der Waals surface area contributed by atoms with Gasteiger partial charge in [-0.2, -0.15) is 5.10 Å². The first-order valence-electron chi connectivity index (χ1n) is 8.69. The summed E-state index contributed by atoms with van der Waals surface area (Å²) in [6.07, 6.45) is 8.51. The molecule has 4 rings (SSSR count). The second-order valence-electron chi connectivity index (χ2n) is 7.09. The molecule has 1 saturated heterocycles. The third-order valence-electron chi connectivity index (χ3n) is 5.32. The Labute approximate surface area is 127 Å². The molecule has 116 valence electrons. The van der Waals surface area contributed by atoms with E-state index >= 15 is 0 Å². The van der Waals surface area contributed by atoms with E-state index in [9.17, 15) is 0 Å². The minimum Gasteiger partial charge on any atom is -0.311 e. The Bertz CT molecular complexity index is 477. The summed E-state index contributed by atoms with van der Waals surface area (Å²) in [6, 6.07) is 1.43. The molecule has 1 aromatic rings. The summed E-state index contributed by atoms with van der Waals surface area (Å²) < 4.78 is 2.10. The fourth-order valence-electron chi connectivity index (χ4n) is 3.79. The predicted molar refractivity (Wildman–Crippen MR) is 81.7 cm³/mol. The van der Waals surface area contributed by atoms with Crippen LogP contribution in [-0.4, -0.2) is 44.8 Å². The van der Waals surface area contributed by atoms with Crippen molar-refractivity contribution in [3.63, 3.8) is 0 Å². The van der Waals surface area contributed by atoms with E-state index in [-0.39, 0.29) is 0 Å². The van der Waals surface area contributed by atoms with Gasteiger partial charge in [0.1, 0.15) is 12.2 Å². The van der Waals surface area contributed by atoms with Gasteiger partial charge < -0.3 is 5.32 Å². The molecule has 0 aromatic carbocycles. The lowest BCUT2D eigenvalue weighted by atomic mass is 10.0. The van der Waals surface area contributed by atoms with Crippen LogP contribution in [0.15, 0.2) is 6.33 Å². The Morgan fingerprint density at radius 2 is 2.05 bits per heavy atom. The van der Waals surface area contributed by atoms with Gasteiger partial charge in [0.05, 0.1) is 6.54 Å². The SMILES string of the molecule is CCCn1ncnc1CN1CC(C2CC2)NCC1C1CC1. The van der Waals surface area contributed by atoms with Crippen molar-refractivity contribution in [3.05, 3.63) is 12.2 Å². The van der Waals surface area contributed by atoms with E-state index in [0.29, 0.717) is 12.1 Å². The molecule has 5 nitrogen and oxygen atoms in total. The number of nitrogens with zero attached hydrogens (tertiary/aromatic N) is 4. The smallest absolute Gasteiger partial charge is 0.141 e. The third-order valence-corrected chi connectivity index (χ3v) is 5.32. The van der Waals surface area contributed by atoms with Gasteiger partial charge in [-0.3, -0.25) is 4.90 Å². The number of aryl methyl sites for hydroxylation is 1. The number of nitrogens with one attached hydrogen (secondary N) is 1. The molecule has 2 saturated carbocycles. The molecule has 0 amide bonds. The Morgan fingerprint density at radius 3 is 2.76 bits per heavy atom. The van der Waals surface area contributed by atoms with Crippen molar-refractivity contribution in [1.29, 1.82) is 0 Å². The van der Waals surface area contributed by atoms with Crippen molar-refractivity contribution < 1.29 is 0 Å². The minimum atomic E-state index is 0.711. The Morgan fingerprint density at radius 1 is 1.24 bits per heavy atom. The van der Waals surface area contributed by atoms with Crippen LogP contribution in [0.4, 0.5) is 0 Å². The molecule has 3 aliphatic rings. The fourth-order valence-corrected chi connectivity index (χ4v) is 3.79. The molecule has 1 aromatic heterocycles. The normalized spacial score (nSPS) is 30.7. The molecule has 2 atom stereocenters.